The summed E-state index contributed by atoms with van der Waals surface area (Å²) in [6.45, 7) is 5.01. The summed E-state index contributed by atoms with van der Waals surface area (Å²) in [6.07, 6.45) is 4.70. The fourth-order valence-electron chi connectivity index (χ4n) is 1.30. The number of carbonyl (C=O) groups excluding carboxylic acids is 1. The molecule has 0 unspecified atom stereocenters. The molecule has 0 saturated heterocycles. The van der Waals surface area contributed by atoms with E-state index in [9.17, 15) is 4.79 Å². The molecule has 0 amide bonds. The van der Waals surface area contributed by atoms with Gasteiger partial charge >= 0.3 is 0 Å². The molecule has 0 fully saturated rings. The van der Waals surface area contributed by atoms with Gasteiger partial charge in [-0.25, -0.2) is 0 Å². The Morgan fingerprint density at radius 3 is 2.50 bits per heavy atom. The highest BCUT2D eigenvalue weighted by molar-refractivity contribution is 5.74. The van der Waals surface area contributed by atoms with Crippen LogP contribution in [0.5, 0.6) is 11.5 Å². The van der Waals surface area contributed by atoms with Gasteiger partial charge in [0.25, 0.3) is 0 Å². The second-order valence-corrected chi connectivity index (χ2v) is 3.02. The van der Waals surface area contributed by atoms with Crippen LogP contribution in [0.3, 0.4) is 0 Å². The Kier molecular flexibility index (Phi) is 5.12. The van der Waals surface area contributed by atoms with Crippen LogP contribution in [-0.4, -0.2) is 19.5 Å². The van der Waals surface area contributed by atoms with E-state index in [4.69, 9.17) is 9.47 Å². The second kappa shape index (κ2) is 6.67. The first kappa shape index (κ1) is 12.3. The Labute approximate surface area is 95.7 Å². The van der Waals surface area contributed by atoms with Crippen LogP contribution in [0.2, 0.25) is 0 Å². The summed E-state index contributed by atoms with van der Waals surface area (Å²) in [5, 5.41) is 0. The zero-order valence-corrected chi connectivity index (χ0v) is 9.53. The van der Waals surface area contributed by atoms with Crippen molar-refractivity contribution in [1.82, 2.24) is 0 Å². The average Bonchev–Trinajstić information content (AvgIpc) is 2.30. The molecule has 0 bridgehead atoms. The Morgan fingerprint density at radius 1 is 1.19 bits per heavy atom. The average molecular weight is 219 g/mol. The lowest BCUT2D eigenvalue weighted by atomic mass is 10.2. The van der Waals surface area contributed by atoms with E-state index in [1.54, 1.807) is 12.4 Å². The molecule has 3 heteroatoms. The SMILES string of the molecule is CCOc1ccc(C=C[C]=O)cc1OCC. The zero-order chi connectivity index (χ0) is 11.8. The molecule has 0 atom stereocenters. The van der Waals surface area contributed by atoms with Gasteiger partial charge in [-0.3, -0.25) is 4.79 Å². The predicted molar refractivity (Wildman–Crippen MR) is 63.5 cm³/mol. The fraction of sp³-hybridized carbons (Fsp3) is 0.308. The van der Waals surface area contributed by atoms with Crippen molar-refractivity contribution < 1.29 is 14.3 Å². The Bertz CT molecular complexity index is 369. The molecule has 16 heavy (non-hydrogen) atoms. The minimum Gasteiger partial charge on any atom is -0.490 e. The first-order valence-corrected chi connectivity index (χ1v) is 5.25. The lowest BCUT2D eigenvalue weighted by molar-refractivity contribution is 0.287. The molecule has 0 heterocycles. The van der Waals surface area contributed by atoms with Gasteiger partial charge in [-0.05, 0) is 37.6 Å². The smallest absolute Gasteiger partial charge is 0.225 e. The van der Waals surface area contributed by atoms with Crippen LogP contribution < -0.4 is 9.47 Å². The van der Waals surface area contributed by atoms with E-state index in [2.05, 4.69) is 0 Å². The highest BCUT2D eigenvalue weighted by Gasteiger charge is 2.04. The normalized spacial score (nSPS) is 10.4. The number of rotatable bonds is 6. The highest BCUT2D eigenvalue weighted by Crippen LogP contribution is 2.28. The molecule has 1 aromatic carbocycles. The van der Waals surface area contributed by atoms with Gasteiger partial charge < -0.3 is 9.47 Å². The molecule has 1 aromatic rings. The number of hydrogen-bond acceptors (Lipinski definition) is 3. The van der Waals surface area contributed by atoms with Crippen molar-refractivity contribution in [3.05, 3.63) is 29.8 Å². The van der Waals surface area contributed by atoms with Crippen molar-refractivity contribution in [2.24, 2.45) is 0 Å². The number of hydrogen-bond donors (Lipinski definition) is 0. The molecule has 0 saturated carbocycles. The van der Waals surface area contributed by atoms with Crippen LogP contribution in [-0.2, 0) is 4.79 Å². The molecule has 1 radical (unpaired) electrons. The predicted octanol–water partition coefficient (Wildman–Crippen LogP) is 2.61. The minimum absolute atomic E-state index is 0.576. The standard InChI is InChI=1S/C13H15O3/c1-3-15-12-8-7-11(6-5-9-14)10-13(12)16-4-2/h5-8,10H,3-4H2,1-2H3. The Morgan fingerprint density at radius 2 is 1.88 bits per heavy atom. The van der Waals surface area contributed by atoms with Gasteiger partial charge in [0.15, 0.2) is 11.5 Å². The molecule has 0 aliphatic rings. The van der Waals surface area contributed by atoms with Gasteiger partial charge in [-0.1, -0.05) is 12.1 Å². The summed E-state index contributed by atoms with van der Waals surface area (Å²) in [5.74, 6) is 1.41. The topological polar surface area (TPSA) is 35.5 Å². The molecular weight excluding hydrogens is 204 g/mol. The zero-order valence-electron chi connectivity index (χ0n) is 9.53. The van der Waals surface area contributed by atoms with Crippen LogP contribution in [0.4, 0.5) is 0 Å². The van der Waals surface area contributed by atoms with E-state index >= 15 is 0 Å². The lowest BCUT2D eigenvalue weighted by Crippen LogP contribution is -1.98. The molecule has 1 rings (SSSR count). The van der Waals surface area contributed by atoms with E-state index < -0.39 is 0 Å². The van der Waals surface area contributed by atoms with Crippen LogP contribution in [0.25, 0.3) is 6.08 Å². The summed E-state index contributed by atoms with van der Waals surface area (Å²) in [4.78, 5) is 10.1. The summed E-state index contributed by atoms with van der Waals surface area (Å²) in [7, 11) is 0. The Hall–Kier alpha value is -1.77. The van der Waals surface area contributed by atoms with Gasteiger partial charge in [-0.2, -0.15) is 0 Å². The summed E-state index contributed by atoms with van der Waals surface area (Å²) in [5.41, 5.74) is 0.884. The van der Waals surface area contributed by atoms with E-state index in [1.165, 1.54) is 6.08 Å². The van der Waals surface area contributed by atoms with Crippen LogP contribution in [0.15, 0.2) is 24.3 Å². The number of benzene rings is 1. The van der Waals surface area contributed by atoms with Crippen molar-refractivity contribution in [2.45, 2.75) is 13.8 Å². The van der Waals surface area contributed by atoms with Crippen molar-refractivity contribution in [3.8, 4) is 11.5 Å². The molecule has 0 N–H and O–H groups in total. The third-order valence-electron chi connectivity index (χ3n) is 1.91. The second-order valence-electron chi connectivity index (χ2n) is 3.02. The van der Waals surface area contributed by atoms with E-state index in [0.29, 0.717) is 19.0 Å². The van der Waals surface area contributed by atoms with Gasteiger partial charge in [0, 0.05) is 0 Å². The molecule has 0 spiro atoms. The molecule has 0 aromatic heterocycles. The van der Waals surface area contributed by atoms with E-state index in [0.717, 1.165) is 11.3 Å². The van der Waals surface area contributed by atoms with Crippen molar-refractivity contribution in [2.75, 3.05) is 13.2 Å². The largest absolute Gasteiger partial charge is 0.490 e. The summed E-state index contributed by atoms with van der Waals surface area (Å²) < 4.78 is 10.9. The third kappa shape index (κ3) is 3.42. The van der Waals surface area contributed by atoms with Gasteiger partial charge in [0.05, 0.1) is 13.2 Å². The highest BCUT2D eigenvalue weighted by atomic mass is 16.5. The van der Waals surface area contributed by atoms with Crippen LogP contribution in [0, 0.1) is 0 Å². The van der Waals surface area contributed by atoms with Crippen molar-refractivity contribution in [1.29, 1.82) is 0 Å². The summed E-state index contributed by atoms with van der Waals surface area (Å²) >= 11 is 0. The van der Waals surface area contributed by atoms with Gasteiger partial charge in [-0.15, -0.1) is 0 Å². The number of ether oxygens (including phenoxy) is 2. The monoisotopic (exact) mass is 219 g/mol. The first-order chi connectivity index (χ1) is 7.81. The summed E-state index contributed by atoms with van der Waals surface area (Å²) in [6, 6.07) is 5.53. The molecule has 3 nitrogen and oxygen atoms in total. The third-order valence-corrected chi connectivity index (χ3v) is 1.91. The molecule has 85 valence electrons. The molecule has 0 aliphatic heterocycles. The van der Waals surface area contributed by atoms with Gasteiger partial charge in [0.2, 0.25) is 6.29 Å². The lowest BCUT2D eigenvalue weighted by Gasteiger charge is -2.11. The van der Waals surface area contributed by atoms with E-state index in [1.807, 2.05) is 32.0 Å². The van der Waals surface area contributed by atoms with Crippen LogP contribution in [0.1, 0.15) is 19.4 Å². The quantitative estimate of drug-likeness (QED) is 0.690. The molecular formula is C13H15O3. The number of allylic oxidation sites excluding steroid dienone is 1. The maximum atomic E-state index is 10.1. The van der Waals surface area contributed by atoms with Gasteiger partial charge in [0.1, 0.15) is 0 Å². The van der Waals surface area contributed by atoms with E-state index in [-0.39, 0.29) is 0 Å². The maximum absolute atomic E-state index is 10.1. The van der Waals surface area contributed by atoms with Crippen molar-refractivity contribution in [3.63, 3.8) is 0 Å². The fourth-order valence-corrected chi connectivity index (χ4v) is 1.30. The molecule has 0 aliphatic carbocycles. The van der Waals surface area contributed by atoms with Crippen LogP contribution >= 0.6 is 0 Å². The first-order valence-electron chi connectivity index (χ1n) is 5.25. The Balaban J connectivity index is 2.96. The van der Waals surface area contributed by atoms with Crippen molar-refractivity contribution >= 4 is 12.4 Å². The minimum atomic E-state index is 0.576. The maximum Gasteiger partial charge on any atom is 0.225 e.